The second-order valence-electron chi connectivity index (χ2n) is 4.52. The summed E-state index contributed by atoms with van der Waals surface area (Å²) in [6.45, 7) is 1.67. The highest BCUT2D eigenvalue weighted by Crippen LogP contribution is 2.17. The summed E-state index contributed by atoms with van der Waals surface area (Å²) >= 11 is 0. The first kappa shape index (κ1) is 10.5. The monoisotopic (exact) mass is 233 g/mol. The Labute approximate surface area is 98.4 Å². The summed E-state index contributed by atoms with van der Waals surface area (Å²) in [6, 6.07) is 5.09. The van der Waals surface area contributed by atoms with Crippen LogP contribution < -0.4 is 5.56 Å². The van der Waals surface area contributed by atoms with Crippen molar-refractivity contribution in [1.82, 2.24) is 14.6 Å². The maximum atomic E-state index is 11.6. The summed E-state index contributed by atoms with van der Waals surface area (Å²) in [5, 5.41) is 3.05. The lowest BCUT2D eigenvalue weighted by Crippen LogP contribution is -2.20. The molecule has 0 spiro atoms. The molecule has 2 aromatic rings. The van der Waals surface area contributed by atoms with E-state index in [1.54, 1.807) is 6.07 Å². The Bertz CT molecular complexity index is 566. The third-order valence-electron chi connectivity index (χ3n) is 3.16. The first-order valence-corrected chi connectivity index (χ1v) is 5.97. The summed E-state index contributed by atoms with van der Waals surface area (Å²) in [6.07, 6.45) is 3.14. The molecule has 3 rings (SSSR count). The van der Waals surface area contributed by atoms with Gasteiger partial charge in [-0.2, -0.15) is 0 Å². The first-order valence-electron chi connectivity index (χ1n) is 5.97. The van der Waals surface area contributed by atoms with Crippen molar-refractivity contribution in [2.45, 2.75) is 19.3 Å². The number of nitrogens with zero attached hydrogens (tertiary/aromatic N) is 2. The molecule has 5 nitrogen and oxygen atoms in total. The van der Waals surface area contributed by atoms with Crippen molar-refractivity contribution in [1.29, 1.82) is 0 Å². The SMILES string of the molecule is O=c1cccc2nc(CC3CCCOC3)[nH]n12. The number of pyridine rings is 1. The van der Waals surface area contributed by atoms with Gasteiger partial charge in [-0.05, 0) is 24.8 Å². The number of hydrogen-bond donors (Lipinski definition) is 1. The standard InChI is InChI=1S/C12H15N3O2/c16-12-5-1-4-11-13-10(14-15(11)12)7-9-3-2-6-17-8-9/h1,4-5,9H,2-3,6-8H2,(H,13,14). The first-order chi connectivity index (χ1) is 8.33. The van der Waals surface area contributed by atoms with Crippen molar-refractivity contribution < 1.29 is 4.74 Å². The minimum atomic E-state index is -0.0684. The average Bonchev–Trinajstić information content (AvgIpc) is 2.74. The molecule has 1 aliphatic rings. The van der Waals surface area contributed by atoms with Gasteiger partial charge in [-0.25, -0.2) is 9.50 Å². The van der Waals surface area contributed by atoms with Crippen LogP contribution in [0.25, 0.3) is 5.65 Å². The highest BCUT2D eigenvalue weighted by atomic mass is 16.5. The Morgan fingerprint density at radius 1 is 1.53 bits per heavy atom. The van der Waals surface area contributed by atoms with Crippen LogP contribution in [0.2, 0.25) is 0 Å². The number of H-pyrrole nitrogens is 1. The number of rotatable bonds is 2. The lowest BCUT2D eigenvalue weighted by molar-refractivity contribution is 0.0543. The van der Waals surface area contributed by atoms with Gasteiger partial charge in [0.25, 0.3) is 5.56 Å². The minimum absolute atomic E-state index is 0.0684. The van der Waals surface area contributed by atoms with E-state index in [0.717, 1.165) is 31.9 Å². The van der Waals surface area contributed by atoms with Crippen LogP contribution in [0.3, 0.4) is 0 Å². The molecule has 0 aromatic carbocycles. The molecule has 90 valence electrons. The van der Waals surface area contributed by atoms with Gasteiger partial charge in [-0.3, -0.25) is 9.89 Å². The number of ether oxygens (including phenoxy) is 1. The lowest BCUT2D eigenvalue weighted by Gasteiger charge is -2.20. The molecule has 0 saturated carbocycles. The number of fused-ring (bicyclic) bond motifs is 1. The predicted octanol–water partition coefficient (Wildman–Crippen LogP) is 0.992. The van der Waals surface area contributed by atoms with E-state index in [0.29, 0.717) is 11.6 Å². The van der Waals surface area contributed by atoms with E-state index in [-0.39, 0.29) is 5.56 Å². The fourth-order valence-electron chi connectivity index (χ4n) is 2.30. The minimum Gasteiger partial charge on any atom is -0.381 e. The smallest absolute Gasteiger partial charge is 0.271 e. The summed E-state index contributed by atoms with van der Waals surface area (Å²) in [5.41, 5.74) is 0.616. The van der Waals surface area contributed by atoms with Crippen molar-refractivity contribution in [3.05, 3.63) is 34.4 Å². The van der Waals surface area contributed by atoms with Crippen molar-refractivity contribution >= 4 is 5.65 Å². The molecular weight excluding hydrogens is 218 g/mol. The molecule has 1 unspecified atom stereocenters. The third-order valence-corrected chi connectivity index (χ3v) is 3.16. The molecule has 17 heavy (non-hydrogen) atoms. The second kappa shape index (κ2) is 4.33. The maximum absolute atomic E-state index is 11.6. The van der Waals surface area contributed by atoms with Gasteiger partial charge in [0.2, 0.25) is 0 Å². The van der Waals surface area contributed by atoms with Gasteiger partial charge in [0.15, 0.2) is 5.65 Å². The van der Waals surface area contributed by atoms with Crippen LogP contribution in [0.15, 0.2) is 23.0 Å². The van der Waals surface area contributed by atoms with E-state index < -0.39 is 0 Å². The van der Waals surface area contributed by atoms with Gasteiger partial charge < -0.3 is 4.74 Å². The summed E-state index contributed by atoms with van der Waals surface area (Å²) in [4.78, 5) is 16.0. The largest absolute Gasteiger partial charge is 0.381 e. The summed E-state index contributed by atoms with van der Waals surface area (Å²) in [7, 11) is 0. The molecule has 0 aliphatic carbocycles. The molecule has 0 amide bonds. The fourth-order valence-corrected chi connectivity index (χ4v) is 2.30. The Morgan fingerprint density at radius 3 is 3.24 bits per heavy atom. The number of aromatic amines is 1. The third kappa shape index (κ3) is 2.10. The van der Waals surface area contributed by atoms with E-state index in [1.165, 1.54) is 17.0 Å². The van der Waals surface area contributed by atoms with Crippen molar-refractivity contribution in [2.24, 2.45) is 5.92 Å². The quantitative estimate of drug-likeness (QED) is 0.841. The Balaban J connectivity index is 1.85. The zero-order chi connectivity index (χ0) is 11.7. The van der Waals surface area contributed by atoms with Crippen LogP contribution in [-0.2, 0) is 11.2 Å². The second-order valence-corrected chi connectivity index (χ2v) is 4.52. The molecule has 0 bridgehead atoms. The molecule has 1 aliphatic heterocycles. The van der Waals surface area contributed by atoms with E-state index in [1.807, 2.05) is 6.07 Å². The van der Waals surface area contributed by atoms with Crippen molar-refractivity contribution in [2.75, 3.05) is 13.2 Å². The summed E-state index contributed by atoms with van der Waals surface area (Å²) in [5.74, 6) is 1.38. The molecule has 5 heteroatoms. The molecule has 3 heterocycles. The zero-order valence-corrected chi connectivity index (χ0v) is 9.56. The lowest BCUT2D eigenvalue weighted by atomic mass is 9.98. The molecule has 1 fully saturated rings. The number of hydrogen-bond acceptors (Lipinski definition) is 3. The topological polar surface area (TPSA) is 59.4 Å². The van der Waals surface area contributed by atoms with E-state index in [9.17, 15) is 4.79 Å². The fraction of sp³-hybridized carbons (Fsp3) is 0.500. The van der Waals surface area contributed by atoms with Gasteiger partial charge in [0.1, 0.15) is 5.82 Å². The van der Waals surface area contributed by atoms with Gasteiger partial charge in [-0.15, -0.1) is 0 Å². The van der Waals surface area contributed by atoms with Crippen LogP contribution in [-0.4, -0.2) is 27.8 Å². The van der Waals surface area contributed by atoms with Crippen molar-refractivity contribution in [3.8, 4) is 0 Å². The normalized spacial score (nSPS) is 20.8. The van der Waals surface area contributed by atoms with Crippen LogP contribution in [0, 0.1) is 5.92 Å². The average molecular weight is 233 g/mol. The van der Waals surface area contributed by atoms with E-state index in [4.69, 9.17) is 4.74 Å². The molecule has 0 radical (unpaired) electrons. The Hall–Kier alpha value is -1.62. The van der Waals surface area contributed by atoms with Gasteiger partial charge in [0.05, 0.1) is 0 Å². The Morgan fingerprint density at radius 2 is 2.47 bits per heavy atom. The molecule has 1 N–H and O–H groups in total. The van der Waals surface area contributed by atoms with Gasteiger partial charge in [-0.1, -0.05) is 6.07 Å². The van der Waals surface area contributed by atoms with Gasteiger partial charge in [0, 0.05) is 25.7 Å². The predicted molar refractivity (Wildman–Crippen MR) is 63.1 cm³/mol. The molecule has 1 atom stereocenters. The number of nitrogens with one attached hydrogen (secondary N) is 1. The zero-order valence-electron chi connectivity index (χ0n) is 9.56. The van der Waals surface area contributed by atoms with Crippen LogP contribution in [0.1, 0.15) is 18.7 Å². The highest BCUT2D eigenvalue weighted by molar-refractivity contribution is 5.36. The molecule has 2 aromatic heterocycles. The molecule has 1 saturated heterocycles. The van der Waals surface area contributed by atoms with E-state index in [2.05, 4.69) is 10.1 Å². The van der Waals surface area contributed by atoms with Crippen LogP contribution in [0.4, 0.5) is 0 Å². The molecular formula is C12H15N3O2. The Kier molecular flexibility index (Phi) is 2.68. The van der Waals surface area contributed by atoms with Gasteiger partial charge >= 0.3 is 0 Å². The highest BCUT2D eigenvalue weighted by Gasteiger charge is 2.16. The number of aromatic nitrogens is 3. The maximum Gasteiger partial charge on any atom is 0.271 e. The van der Waals surface area contributed by atoms with Crippen LogP contribution in [0.5, 0.6) is 0 Å². The van der Waals surface area contributed by atoms with Crippen molar-refractivity contribution in [3.63, 3.8) is 0 Å². The summed E-state index contributed by atoms with van der Waals surface area (Å²) < 4.78 is 6.93. The van der Waals surface area contributed by atoms with Crippen LogP contribution >= 0.6 is 0 Å². The van der Waals surface area contributed by atoms with E-state index >= 15 is 0 Å².